The van der Waals surface area contributed by atoms with E-state index in [2.05, 4.69) is 0 Å². The minimum Gasteiger partial charge on any atom is -0.497 e. The highest BCUT2D eigenvalue weighted by molar-refractivity contribution is 7.91. The number of nitrogens with zero attached hydrogens (tertiary/aromatic N) is 2. The van der Waals surface area contributed by atoms with Crippen LogP contribution in [-0.2, 0) is 21.1 Å². The van der Waals surface area contributed by atoms with Gasteiger partial charge in [0.25, 0.3) is 0 Å². The van der Waals surface area contributed by atoms with Crippen LogP contribution in [0.2, 0.25) is 0 Å². The first-order valence-electron chi connectivity index (χ1n) is 9.51. The first-order chi connectivity index (χ1) is 13.9. The predicted molar refractivity (Wildman–Crippen MR) is 108 cm³/mol. The molecule has 2 atom stereocenters. The van der Waals surface area contributed by atoms with Crippen LogP contribution in [0, 0.1) is 5.82 Å². The van der Waals surface area contributed by atoms with E-state index in [1.165, 1.54) is 12.1 Å². The minimum absolute atomic E-state index is 0.0392. The number of hydrogen-bond donors (Lipinski definition) is 0. The number of benzene rings is 2. The van der Waals surface area contributed by atoms with Crippen LogP contribution < -0.4 is 9.64 Å². The Morgan fingerprint density at radius 1 is 1.03 bits per heavy atom. The van der Waals surface area contributed by atoms with Gasteiger partial charge in [0.05, 0.1) is 31.2 Å². The SMILES string of the molecule is COc1ccc(N2C(=O)CN(CCc3ccc(F)cc3)[C@H]3CS(=O)(=O)C[C@H]32)cc1. The van der Waals surface area contributed by atoms with Crippen molar-refractivity contribution in [2.75, 3.05) is 36.6 Å². The van der Waals surface area contributed by atoms with E-state index in [9.17, 15) is 17.6 Å². The van der Waals surface area contributed by atoms with Crippen molar-refractivity contribution in [1.29, 1.82) is 0 Å². The van der Waals surface area contributed by atoms with Crippen molar-refractivity contribution in [3.05, 3.63) is 59.9 Å². The van der Waals surface area contributed by atoms with E-state index in [0.717, 1.165) is 5.56 Å². The molecule has 0 unspecified atom stereocenters. The minimum atomic E-state index is -3.24. The number of sulfone groups is 1. The molecule has 2 aliphatic heterocycles. The molecule has 4 rings (SSSR count). The number of ether oxygens (including phenoxy) is 1. The predicted octanol–water partition coefficient (Wildman–Crippen LogP) is 1.89. The lowest BCUT2D eigenvalue weighted by molar-refractivity contribution is -0.123. The molecule has 2 saturated heterocycles. The summed E-state index contributed by atoms with van der Waals surface area (Å²) in [5.74, 6) is 0.269. The molecule has 2 aromatic carbocycles. The third-order valence-corrected chi connectivity index (χ3v) is 7.35. The molecule has 2 heterocycles. The van der Waals surface area contributed by atoms with Gasteiger partial charge in [-0.1, -0.05) is 12.1 Å². The van der Waals surface area contributed by atoms with Gasteiger partial charge in [-0.05, 0) is 48.4 Å². The number of fused-ring (bicyclic) bond motifs is 1. The van der Waals surface area contributed by atoms with Crippen LogP contribution in [-0.4, -0.2) is 63.0 Å². The van der Waals surface area contributed by atoms with Gasteiger partial charge in [0, 0.05) is 18.3 Å². The highest BCUT2D eigenvalue weighted by Crippen LogP contribution is 2.32. The van der Waals surface area contributed by atoms with Crippen molar-refractivity contribution in [3.8, 4) is 5.75 Å². The molecule has 0 radical (unpaired) electrons. The standard InChI is InChI=1S/C21H23FN2O4S/c1-28-18-8-6-17(7-9-18)24-20-14-29(26,27)13-19(20)23(12-21(24)25)11-10-15-2-4-16(22)5-3-15/h2-9,19-20H,10-14H2,1H3/t19-,20+/m0/s1. The zero-order valence-electron chi connectivity index (χ0n) is 16.1. The quantitative estimate of drug-likeness (QED) is 0.742. The van der Waals surface area contributed by atoms with Crippen LogP contribution in [0.5, 0.6) is 5.75 Å². The second-order valence-corrected chi connectivity index (χ2v) is 9.67. The van der Waals surface area contributed by atoms with Crippen LogP contribution >= 0.6 is 0 Å². The summed E-state index contributed by atoms with van der Waals surface area (Å²) in [6, 6.07) is 12.7. The maximum Gasteiger partial charge on any atom is 0.241 e. The Labute approximate surface area is 169 Å². The number of amides is 1. The molecule has 29 heavy (non-hydrogen) atoms. The van der Waals surface area contributed by atoms with E-state index in [1.807, 2.05) is 4.90 Å². The molecule has 0 N–H and O–H groups in total. The van der Waals surface area contributed by atoms with Gasteiger partial charge in [-0.3, -0.25) is 9.69 Å². The first-order valence-corrected chi connectivity index (χ1v) is 11.3. The smallest absolute Gasteiger partial charge is 0.241 e. The van der Waals surface area contributed by atoms with Gasteiger partial charge in [-0.15, -0.1) is 0 Å². The van der Waals surface area contributed by atoms with Gasteiger partial charge in [-0.25, -0.2) is 12.8 Å². The summed E-state index contributed by atoms with van der Waals surface area (Å²) in [6.07, 6.45) is 0.624. The average Bonchev–Trinajstić information content (AvgIpc) is 3.02. The largest absolute Gasteiger partial charge is 0.497 e. The number of piperazine rings is 1. The molecule has 0 bridgehead atoms. The first kappa shape index (κ1) is 19.8. The monoisotopic (exact) mass is 418 g/mol. The Bertz CT molecular complexity index is 992. The summed E-state index contributed by atoms with van der Waals surface area (Å²) in [6.45, 7) is 0.703. The number of methoxy groups -OCH3 is 1. The summed E-state index contributed by atoms with van der Waals surface area (Å²) < 4.78 is 43.1. The number of carbonyl (C=O) groups excluding carboxylic acids is 1. The molecule has 0 saturated carbocycles. The van der Waals surface area contributed by atoms with Crippen LogP contribution in [0.1, 0.15) is 5.56 Å². The van der Waals surface area contributed by atoms with Crippen molar-refractivity contribution in [2.24, 2.45) is 0 Å². The normalized spacial score (nSPS) is 23.8. The molecule has 6 nitrogen and oxygen atoms in total. The molecule has 154 valence electrons. The second-order valence-electron chi connectivity index (χ2n) is 7.52. The van der Waals surface area contributed by atoms with Crippen LogP contribution in [0.25, 0.3) is 0 Å². The van der Waals surface area contributed by atoms with Gasteiger partial charge < -0.3 is 9.64 Å². The van der Waals surface area contributed by atoms with Crippen LogP contribution in [0.15, 0.2) is 48.5 Å². The molecule has 2 fully saturated rings. The number of hydrogen-bond acceptors (Lipinski definition) is 5. The summed E-state index contributed by atoms with van der Waals surface area (Å²) in [5, 5.41) is 0. The zero-order chi connectivity index (χ0) is 20.6. The Morgan fingerprint density at radius 3 is 2.34 bits per heavy atom. The lowest BCUT2D eigenvalue weighted by atomic mass is 10.0. The van der Waals surface area contributed by atoms with Gasteiger partial charge in [-0.2, -0.15) is 0 Å². The molecule has 0 aromatic heterocycles. The maximum atomic E-state index is 13.1. The lowest BCUT2D eigenvalue weighted by Gasteiger charge is -2.43. The summed E-state index contributed by atoms with van der Waals surface area (Å²) in [5.41, 5.74) is 1.63. The Kier molecular flexibility index (Phi) is 5.31. The lowest BCUT2D eigenvalue weighted by Crippen LogP contribution is -2.62. The molecule has 1 amide bonds. The number of halogens is 1. The molecule has 0 aliphatic carbocycles. The Hall–Kier alpha value is -2.45. The Balaban J connectivity index is 1.56. The van der Waals surface area contributed by atoms with Gasteiger partial charge in [0.15, 0.2) is 9.84 Å². The molecular formula is C21H23FN2O4S. The topological polar surface area (TPSA) is 66.9 Å². The molecule has 8 heteroatoms. The maximum absolute atomic E-state index is 13.1. The van der Waals surface area contributed by atoms with E-state index in [0.29, 0.717) is 24.4 Å². The third kappa shape index (κ3) is 4.13. The van der Waals surface area contributed by atoms with Crippen molar-refractivity contribution >= 4 is 21.4 Å². The van der Waals surface area contributed by atoms with Crippen LogP contribution in [0.3, 0.4) is 0 Å². The number of anilines is 1. The molecular weight excluding hydrogens is 395 g/mol. The number of rotatable bonds is 5. The third-order valence-electron chi connectivity index (χ3n) is 5.65. The highest BCUT2D eigenvalue weighted by Gasteiger charge is 2.49. The van der Waals surface area contributed by atoms with Crippen molar-refractivity contribution < 1.29 is 22.3 Å². The van der Waals surface area contributed by atoms with E-state index in [4.69, 9.17) is 4.74 Å². The summed E-state index contributed by atoms with van der Waals surface area (Å²) >= 11 is 0. The Morgan fingerprint density at radius 2 is 1.69 bits per heavy atom. The van der Waals surface area contributed by atoms with Gasteiger partial charge >= 0.3 is 0 Å². The fourth-order valence-electron chi connectivity index (χ4n) is 4.20. The summed E-state index contributed by atoms with van der Waals surface area (Å²) in [7, 11) is -1.67. The zero-order valence-corrected chi connectivity index (χ0v) is 16.9. The fraction of sp³-hybridized carbons (Fsp3) is 0.381. The van der Waals surface area contributed by atoms with E-state index >= 15 is 0 Å². The summed E-state index contributed by atoms with van der Waals surface area (Å²) in [4.78, 5) is 16.6. The van der Waals surface area contributed by atoms with Crippen molar-refractivity contribution in [1.82, 2.24) is 4.90 Å². The number of carbonyl (C=O) groups is 1. The molecule has 2 aliphatic rings. The molecule has 2 aromatic rings. The van der Waals surface area contributed by atoms with Crippen molar-refractivity contribution in [3.63, 3.8) is 0 Å². The van der Waals surface area contributed by atoms with E-state index in [1.54, 1.807) is 48.4 Å². The van der Waals surface area contributed by atoms with Crippen LogP contribution in [0.4, 0.5) is 10.1 Å². The van der Waals surface area contributed by atoms with E-state index < -0.39 is 15.9 Å². The van der Waals surface area contributed by atoms with Gasteiger partial charge in [0.2, 0.25) is 5.91 Å². The van der Waals surface area contributed by atoms with E-state index in [-0.39, 0.29) is 35.8 Å². The molecule has 0 spiro atoms. The van der Waals surface area contributed by atoms with Gasteiger partial charge in [0.1, 0.15) is 11.6 Å². The highest BCUT2D eigenvalue weighted by atomic mass is 32.2. The van der Waals surface area contributed by atoms with Crippen molar-refractivity contribution in [2.45, 2.75) is 18.5 Å². The second kappa shape index (κ2) is 7.76. The average molecular weight is 418 g/mol. The fourth-order valence-corrected chi connectivity index (χ4v) is 6.19.